The summed E-state index contributed by atoms with van der Waals surface area (Å²) in [6.45, 7) is 3.68. The van der Waals surface area contributed by atoms with Gasteiger partial charge in [-0.05, 0) is 24.3 Å². The van der Waals surface area contributed by atoms with Gasteiger partial charge in [0.1, 0.15) is 12.2 Å². The molecule has 0 saturated heterocycles. The second-order valence-electron chi connectivity index (χ2n) is 5.68. The lowest BCUT2D eigenvalue weighted by Gasteiger charge is -2.31. The number of hydrogen-bond acceptors (Lipinski definition) is 7. The minimum atomic E-state index is -1.19. The number of anilines is 1. The van der Waals surface area contributed by atoms with E-state index in [2.05, 4.69) is 14.7 Å². The summed E-state index contributed by atoms with van der Waals surface area (Å²) in [5.74, 6) is -0.875. The number of carbonyl (C=O) groups excluding carboxylic acids is 2. The summed E-state index contributed by atoms with van der Waals surface area (Å²) in [5, 5.41) is 10.7. The number of Topliss-reactive ketones (excluding diaryl/α,β-unsaturated/α-hetero) is 1. The van der Waals surface area contributed by atoms with Gasteiger partial charge in [0.25, 0.3) is 0 Å². The van der Waals surface area contributed by atoms with Crippen LogP contribution in [0.1, 0.15) is 38.7 Å². The summed E-state index contributed by atoms with van der Waals surface area (Å²) in [6, 6.07) is 0. The SMILES string of the molecule is COC(=O)CC(=O)CC(O)(CCc1cnc(N)nc1)C(C)C. The van der Waals surface area contributed by atoms with Crippen LogP contribution in [0.25, 0.3) is 0 Å². The predicted molar refractivity (Wildman–Crippen MR) is 80.8 cm³/mol. The fourth-order valence-electron chi connectivity index (χ4n) is 2.07. The highest BCUT2D eigenvalue weighted by Gasteiger charge is 2.33. The number of nitrogens with zero attached hydrogens (tertiary/aromatic N) is 2. The van der Waals surface area contributed by atoms with Crippen molar-refractivity contribution in [3.63, 3.8) is 0 Å². The van der Waals surface area contributed by atoms with E-state index in [9.17, 15) is 14.7 Å². The van der Waals surface area contributed by atoms with Gasteiger partial charge in [-0.3, -0.25) is 9.59 Å². The van der Waals surface area contributed by atoms with Gasteiger partial charge in [0.05, 0.1) is 12.7 Å². The number of aryl methyl sites for hydroxylation is 1. The van der Waals surface area contributed by atoms with Gasteiger partial charge in [-0.25, -0.2) is 9.97 Å². The normalized spacial score (nSPS) is 13.7. The number of carbonyl (C=O) groups is 2. The van der Waals surface area contributed by atoms with Crippen molar-refractivity contribution in [1.82, 2.24) is 9.97 Å². The Morgan fingerprint density at radius 1 is 1.36 bits per heavy atom. The van der Waals surface area contributed by atoms with Gasteiger partial charge in [-0.15, -0.1) is 0 Å². The molecule has 1 aromatic rings. The van der Waals surface area contributed by atoms with Crippen LogP contribution in [0.2, 0.25) is 0 Å². The minimum Gasteiger partial charge on any atom is -0.469 e. The van der Waals surface area contributed by atoms with Gasteiger partial charge in [-0.1, -0.05) is 13.8 Å². The van der Waals surface area contributed by atoms with Crippen LogP contribution in [0.5, 0.6) is 0 Å². The Morgan fingerprint density at radius 3 is 2.45 bits per heavy atom. The van der Waals surface area contributed by atoms with E-state index in [0.717, 1.165) is 5.56 Å². The standard InChI is InChI=1S/C15H23N3O4/c1-10(2)15(21,7-12(19)6-13(20)22-3)5-4-11-8-17-14(16)18-9-11/h8-10,21H,4-7H2,1-3H3,(H2,16,17,18). The quantitative estimate of drug-likeness (QED) is 0.541. The summed E-state index contributed by atoms with van der Waals surface area (Å²) in [6.07, 6.45) is 3.66. The first-order valence-electron chi connectivity index (χ1n) is 7.14. The summed E-state index contributed by atoms with van der Waals surface area (Å²) >= 11 is 0. The maximum atomic E-state index is 11.9. The monoisotopic (exact) mass is 309 g/mol. The molecular weight excluding hydrogens is 286 g/mol. The van der Waals surface area contributed by atoms with Gasteiger partial charge < -0.3 is 15.6 Å². The zero-order chi connectivity index (χ0) is 16.8. The molecule has 1 aromatic heterocycles. The van der Waals surface area contributed by atoms with E-state index in [0.29, 0.717) is 12.8 Å². The van der Waals surface area contributed by atoms with Crippen LogP contribution in [-0.2, 0) is 20.7 Å². The third kappa shape index (κ3) is 5.40. The topological polar surface area (TPSA) is 115 Å². The van der Waals surface area contributed by atoms with E-state index in [1.807, 2.05) is 13.8 Å². The van der Waals surface area contributed by atoms with Crippen molar-refractivity contribution < 1.29 is 19.4 Å². The summed E-state index contributed by atoms with van der Waals surface area (Å²) in [5.41, 5.74) is 5.06. The van der Waals surface area contributed by atoms with Crippen LogP contribution in [0.4, 0.5) is 5.95 Å². The van der Waals surface area contributed by atoms with Gasteiger partial charge in [0.2, 0.25) is 5.95 Å². The molecule has 0 radical (unpaired) electrons. The van der Waals surface area contributed by atoms with Gasteiger partial charge in [-0.2, -0.15) is 0 Å². The minimum absolute atomic E-state index is 0.0877. The average molecular weight is 309 g/mol. The van der Waals surface area contributed by atoms with Crippen LogP contribution in [0.15, 0.2) is 12.4 Å². The number of methoxy groups -OCH3 is 1. The Balaban J connectivity index is 2.68. The van der Waals surface area contributed by atoms with E-state index in [1.165, 1.54) is 7.11 Å². The molecule has 0 aliphatic rings. The van der Waals surface area contributed by atoms with Crippen molar-refractivity contribution in [3.8, 4) is 0 Å². The largest absolute Gasteiger partial charge is 0.469 e. The number of nitrogen functional groups attached to an aromatic ring is 1. The molecule has 0 saturated carbocycles. The summed E-state index contributed by atoms with van der Waals surface area (Å²) in [4.78, 5) is 30.8. The Bertz CT molecular complexity index is 516. The number of ether oxygens (including phenoxy) is 1. The number of ketones is 1. The Labute approximate surface area is 129 Å². The van der Waals surface area contributed by atoms with Crippen LogP contribution in [0, 0.1) is 5.92 Å². The molecule has 1 heterocycles. The molecule has 0 bridgehead atoms. The number of aliphatic hydroxyl groups is 1. The number of nitrogens with two attached hydrogens (primary N) is 1. The maximum absolute atomic E-state index is 11.9. The number of esters is 1. The highest BCUT2D eigenvalue weighted by molar-refractivity contribution is 5.95. The van der Waals surface area contributed by atoms with E-state index >= 15 is 0 Å². The predicted octanol–water partition coefficient (Wildman–Crippen LogP) is 0.901. The Hall–Kier alpha value is -2.02. The molecule has 122 valence electrons. The molecule has 0 fully saturated rings. The zero-order valence-corrected chi connectivity index (χ0v) is 13.2. The Kier molecular flexibility index (Phi) is 6.42. The smallest absolute Gasteiger partial charge is 0.313 e. The highest BCUT2D eigenvalue weighted by atomic mass is 16.5. The molecule has 22 heavy (non-hydrogen) atoms. The third-order valence-corrected chi connectivity index (χ3v) is 3.72. The molecule has 7 nitrogen and oxygen atoms in total. The van der Waals surface area contributed by atoms with Gasteiger partial charge in [0.15, 0.2) is 0 Å². The first-order chi connectivity index (χ1) is 10.3. The average Bonchev–Trinajstić information content (AvgIpc) is 2.46. The first kappa shape index (κ1) is 18.0. The molecule has 0 aliphatic carbocycles. The van der Waals surface area contributed by atoms with Crippen molar-refractivity contribution >= 4 is 17.7 Å². The molecular formula is C15H23N3O4. The lowest BCUT2D eigenvalue weighted by atomic mass is 9.80. The van der Waals surface area contributed by atoms with Crippen molar-refractivity contribution in [1.29, 1.82) is 0 Å². The van der Waals surface area contributed by atoms with Crippen molar-refractivity contribution in [2.45, 2.75) is 45.1 Å². The molecule has 1 unspecified atom stereocenters. The molecule has 3 N–H and O–H groups in total. The summed E-state index contributed by atoms with van der Waals surface area (Å²) in [7, 11) is 1.23. The highest BCUT2D eigenvalue weighted by Crippen LogP contribution is 2.27. The molecule has 0 aromatic carbocycles. The molecule has 0 amide bonds. The third-order valence-electron chi connectivity index (χ3n) is 3.72. The van der Waals surface area contributed by atoms with Crippen molar-refractivity contribution in [3.05, 3.63) is 18.0 Å². The maximum Gasteiger partial charge on any atom is 0.313 e. The van der Waals surface area contributed by atoms with Crippen LogP contribution in [-0.4, -0.2) is 39.5 Å². The molecule has 1 atom stereocenters. The first-order valence-corrected chi connectivity index (χ1v) is 7.14. The molecule has 1 rings (SSSR count). The fraction of sp³-hybridized carbons (Fsp3) is 0.600. The van der Waals surface area contributed by atoms with E-state index in [1.54, 1.807) is 12.4 Å². The van der Waals surface area contributed by atoms with Crippen LogP contribution >= 0.6 is 0 Å². The fourth-order valence-corrected chi connectivity index (χ4v) is 2.07. The van der Waals surface area contributed by atoms with Crippen LogP contribution in [0.3, 0.4) is 0 Å². The zero-order valence-electron chi connectivity index (χ0n) is 13.2. The number of rotatable bonds is 8. The lowest BCUT2D eigenvalue weighted by Crippen LogP contribution is -2.38. The van der Waals surface area contributed by atoms with Crippen molar-refractivity contribution in [2.24, 2.45) is 5.92 Å². The second kappa shape index (κ2) is 7.84. The lowest BCUT2D eigenvalue weighted by molar-refractivity contribution is -0.144. The van der Waals surface area contributed by atoms with Gasteiger partial charge in [0, 0.05) is 18.8 Å². The van der Waals surface area contributed by atoms with E-state index < -0.39 is 11.6 Å². The number of aromatic nitrogens is 2. The molecule has 7 heteroatoms. The summed E-state index contributed by atoms with van der Waals surface area (Å²) < 4.78 is 4.47. The van der Waals surface area contributed by atoms with Crippen molar-refractivity contribution in [2.75, 3.05) is 12.8 Å². The van der Waals surface area contributed by atoms with E-state index in [-0.39, 0.29) is 30.5 Å². The number of hydrogen-bond donors (Lipinski definition) is 2. The van der Waals surface area contributed by atoms with E-state index in [4.69, 9.17) is 5.73 Å². The molecule has 0 aliphatic heterocycles. The van der Waals surface area contributed by atoms with Crippen LogP contribution < -0.4 is 5.73 Å². The Morgan fingerprint density at radius 2 is 1.95 bits per heavy atom. The second-order valence-corrected chi connectivity index (χ2v) is 5.68. The van der Waals surface area contributed by atoms with Gasteiger partial charge >= 0.3 is 5.97 Å². The molecule has 0 spiro atoms.